The molecule has 1 N–H and O–H groups in total. The molecule has 0 radical (unpaired) electrons. The number of aryl methyl sites for hydroxylation is 1. The number of rotatable bonds is 6. The fourth-order valence-electron chi connectivity index (χ4n) is 3.75. The Labute approximate surface area is 163 Å². The lowest BCUT2D eigenvalue weighted by Gasteiger charge is -2.38. The number of halogens is 2. The number of hydrogen-bond donors (Lipinski definition) is 1. The van der Waals surface area contributed by atoms with Gasteiger partial charge in [0.1, 0.15) is 11.6 Å². The molecule has 148 valence electrons. The number of hydrogen-bond acceptors (Lipinski definition) is 2. The average molecular weight is 386 g/mol. The van der Waals surface area contributed by atoms with Crippen LogP contribution in [0.1, 0.15) is 36.4 Å². The van der Waals surface area contributed by atoms with Gasteiger partial charge < -0.3 is 10.2 Å². The largest absolute Gasteiger partial charge is 0.356 e. The van der Waals surface area contributed by atoms with Crippen LogP contribution in [0.3, 0.4) is 0 Å². The van der Waals surface area contributed by atoms with Crippen molar-refractivity contribution in [1.82, 2.24) is 10.2 Å². The van der Waals surface area contributed by atoms with Crippen molar-refractivity contribution in [1.29, 1.82) is 0 Å². The van der Waals surface area contributed by atoms with Crippen molar-refractivity contribution in [2.24, 2.45) is 5.92 Å². The Morgan fingerprint density at radius 1 is 1.14 bits per heavy atom. The minimum absolute atomic E-state index is 0.0466. The van der Waals surface area contributed by atoms with Crippen molar-refractivity contribution in [3.63, 3.8) is 0 Å². The van der Waals surface area contributed by atoms with Crippen molar-refractivity contribution >= 4 is 11.8 Å². The molecule has 2 amide bonds. The fraction of sp³-hybridized carbons (Fsp3) is 0.364. The normalized spacial score (nSPS) is 19.5. The van der Waals surface area contributed by atoms with E-state index in [2.05, 4.69) is 5.32 Å². The van der Waals surface area contributed by atoms with E-state index in [9.17, 15) is 18.4 Å². The lowest BCUT2D eigenvalue weighted by Crippen LogP contribution is -2.46. The quantitative estimate of drug-likeness (QED) is 0.771. The number of piperidine rings is 1. The summed E-state index contributed by atoms with van der Waals surface area (Å²) in [4.78, 5) is 26.5. The van der Waals surface area contributed by atoms with E-state index in [4.69, 9.17) is 0 Å². The molecule has 0 spiro atoms. The molecule has 2 atom stereocenters. The van der Waals surface area contributed by atoms with Crippen molar-refractivity contribution in [2.75, 3.05) is 13.6 Å². The van der Waals surface area contributed by atoms with Crippen LogP contribution >= 0.6 is 0 Å². The number of carbonyl (C=O) groups excluding carboxylic acids is 2. The van der Waals surface area contributed by atoms with Crippen molar-refractivity contribution in [2.45, 2.75) is 31.7 Å². The van der Waals surface area contributed by atoms with Crippen LogP contribution in [0.15, 0.2) is 48.5 Å². The topological polar surface area (TPSA) is 49.4 Å². The average Bonchev–Trinajstić information content (AvgIpc) is 2.68. The van der Waals surface area contributed by atoms with E-state index in [1.807, 2.05) is 0 Å². The lowest BCUT2D eigenvalue weighted by molar-refractivity contribution is -0.141. The molecule has 1 fully saturated rings. The maximum atomic E-state index is 13.7. The van der Waals surface area contributed by atoms with Crippen LogP contribution in [-0.2, 0) is 16.0 Å². The minimum atomic E-state index is -0.478. The van der Waals surface area contributed by atoms with Crippen LogP contribution in [0.4, 0.5) is 8.78 Å². The van der Waals surface area contributed by atoms with Crippen molar-refractivity contribution in [3.8, 4) is 0 Å². The maximum absolute atomic E-state index is 13.7. The predicted molar refractivity (Wildman–Crippen MR) is 102 cm³/mol. The third kappa shape index (κ3) is 4.74. The third-order valence-corrected chi connectivity index (χ3v) is 5.24. The monoisotopic (exact) mass is 386 g/mol. The Bertz CT molecular complexity index is 839. The van der Waals surface area contributed by atoms with Crippen molar-refractivity contribution in [3.05, 3.63) is 71.3 Å². The highest BCUT2D eigenvalue weighted by Crippen LogP contribution is 2.36. The molecule has 1 saturated heterocycles. The first-order chi connectivity index (χ1) is 13.5. The second-order valence-electron chi connectivity index (χ2n) is 7.17. The fourth-order valence-corrected chi connectivity index (χ4v) is 3.75. The summed E-state index contributed by atoms with van der Waals surface area (Å²) < 4.78 is 26.6. The summed E-state index contributed by atoms with van der Waals surface area (Å²) in [7, 11) is 1.66. The Kier molecular flexibility index (Phi) is 6.39. The van der Waals surface area contributed by atoms with Gasteiger partial charge in [-0.3, -0.25) is 9.59 Å². The van der Waals surface area contributed by atoms with E-state index in [1.165, 1.54) is 24.3 Å². The van der Waals surface area contributed by atoms with Crippen LogP contribution in [0.5, 0.6) is 0 Å². The molecule has 1 aliphatic rings. The molecule has 1 heterocycles. The summed E-state index contributed by atoms with van der Waals surface area (Å²) in [6.07, 6.45) is 2.20. The first-order valence-electron chi connectivity index (χ1n) is 9.49. The van der Waals surface area contributed by atoms with Gasteiger partial charge in [0.25, 0.3) is 0 Å². The first-order valence-corrected chi connectivity index (χ1v) is 9.49. The molecule has 28 heavy (non-hydrogen) atoms. The zero-order valence-corrected chi connectivity index (χ0v) is 15.8. The van der Waals surface area contributed by atoms with Crippen LogP contribution in [0, 0.1) is 17.6 Å². The Morgan fingerprint density at radius 3 is 2.61 bits per heavy atom. The molecule has 0 aromatic heterocycles. The minimum Gasteiger partial charge on any atom is -0.356 e. The summed E-state index contributed by atoms with van der Waals surface area (Å²) in [5.41, 5.74) is 1.64. The van der Waals surface area contributed by atoms with Gasteiger partial charge in [0.05, 0.1) is 12.0 Å². The molecule has 0 saturated carbocycles. The smallest absolute Gasteiger partial charge is 0.225 e. The Hall–Kier alpha value is -2.76. The lowest BCUT2D eigenvalue weighted by atomic mass is 9.84. The standard InChI is InChI=1S/C22H24F2N2O2/c1-26-20(27)12-11-19(21(26)16-5-2-6-18(24)14-16)22(28)25-13-3-4-15-7-9-17(23)10-8-15/h2,5-10,14,19,21H,3-4,11-13H2,1H3,(H,25,28). The first kappa shape index (κ1) is 20.0. The summed E-state index contributed by atoms with van der Waals surface area (Å²) in [5.74, 6) is -1.25. The van der Waals surface area contributed by atoms with Crippen molar-refractivity contribution < 1.29 is 18.4 Å². The molecule has 3 rings (SSSR count). The van der Waals surface area contributed by atoms with Gasteiger partial charge in [0, 0.05) is 20.0 Å². The van der Waals surface area contributed by atoms with Crippen LogP contribution in [0.25, 0.3) is 0 Å². The molecule has 2 unspecified atom stereocenters. The highest BCUT2D eigenvalue weighted by Gasteiger charge is 2.38. The molecular formula is C22H24F2N2O2. The van der Waals surface area contributed by atoms with Crippen LogP contribution in [0.2, 0.25) is 0 Å². The zero-order valence-electron chi connectivity index (χ0n) is 15.8. The SMILES string of the molecule is CN1C(=O)CCC(C(=O)NCCCc2ccc(F)cc2)C1c1cccc(F)c1. The van der Waals surface area contributed by atoms with E-state index in [0.29, 0.717) is 24.9 Å². The third-order valence-electron chi connectivity index (χ3n) is 5.24. The number of carbonyl (C=O) groups is 2. The molecule has 2 aromatic carbocycles. The van der Waals surface area contributed by atoms with Crippen LogP contribution < -0.4 is 5.32 Å². The highest BCUT2D eigenvalue weighted by molar-refractivity contribution is 5.84. The van der Waals surface area contributed by atoms with Gasteiger partial charge in [-0.25, -0.2) is 8.78 Å². The molecule has 0 bridgehead atoms. The molecule has 2 aromatic rings. The second-order valence-corrected chi connectivity index (χ2v) is 7.17. The van der Waals surface area contributed by atoms with Gasteiger partial charge in [-0.15, -0.1) is 0 Å². The van der Waals surface area contributed by atoms with Crippen LogP contribution in [-0.4, -0.2) is 30.3 Å². The van der Waals surface area contributed by atoms with Gasteiger partial charge in [0.2, 0.25) is 11.8 Å². The molecule has 1 aliphatic heterocycles. The van der Waals surface area contributed by atoms with E-state index in [-0.39, 0.29) is 23.4 Å². The van der Waals surface area contributed by atoms with E-state index in [1.54, 1.807) is 36.2 Å². The summed E-state index contributed by atoms with van der Waals surface area (Å²) >= 11 is 0. The highest BCUT2D eigenvalue weighted by atomic mass is 19.1. The summed E-state index contributed by atoms with van der Waals surface area (Å²) in [6, 6.07) is 11.9. The number of amides is 2. The van der Waals surface area contributed by atoms with Gasteiger partial charge in [-0.2, -0.15) is 0 Å². The number of benzene rings is 2. The number of nitrogens with one attached hydrogen (secondary N) is 1. The maximum Gasteiger partial charge on any atom is 0.225 e. The molecular weight excluding hydrogens is 362 g/mol. The van der Waals surface area contributed by atoms with E-state index >= 15 is 0 Å². The summed E-state index contributed by atoms with van der Waals surface area (Å²) in [6.45, 7) is 0.486. The Morgan fingerprint density at radius 2 is 1.89 bits per heavy atom. The molecule has 4 nitrogen and oxygen atoms in total. The van der Waals surface area contributed by atoms with Gasteiger partial charge in [0.15, 0.2) is 0 Å². The van der Waals surface area contributed by atoms with E-state index < -0.39 is 12.0 Å². The van der Waals surface area contributed by atoms with Gasteiger partial charge >= 0.3 is 0 Å². The number of likely N-dealkylation sites (tertiary alicyclic amines) is 1. The Balaban J connectivity index is 1.61. The summed E-state index contributed by atoms with van der Waals surface area (Å²) in [5, 5.41) is 2.94. The molecule has 6 heteroatoms. The number of nitrogens with zero attached hydrogens (tertiary/aromatic N) is 1. The molecule has 0 aliphatic carbocycles. The van der Waals surface area contributed by atoms with Gasteiger partial charge in [-0.05, 0) is 54.7 Å². The van der Waals surface area contributed by atoms with Gasteiger partial charge in [-0.1, -0.05) is 24.3 Å². The predicted octanol–water partition coefficient (Wildman–Crippen LogP) is 3.62. The second kappa shape index (κ2) is 8.95. The zero-order chi connectivity index (χ0) is 20.1. The van der Waals surface area contributed by atoms with E-state index in [0.717, 1.165) is 18.4 Å².